The van der Waals surface area contributed by atoms with Gasteiger partial charge in [0.05, 0.1) is 0 Å². The molecule has 0 bridgehead atoms. The third kappa shape index (κ3) is 1.30. The quantitative estimate of drug-likeness (QED) is 0.598. The van der Waals surface area contributed by atoms with E-state index in [1.807, 2.05) is 2.38 Å². The number of benzene rings is 1. The minimum absolute atomic E-state index is 0.232. The van der Waals surface area contributed by atoms with Gasteiger partial charge < -0.3 is 0 Å². The van der Waals surface area contributed by atoms with Gasteiger partial charge in [-0.1, -0.05) is 0 Å². The second kappa shape index (κ2) is 3.06. The third-order valence-corrected chi connectivity index (χ3v) is 3.82. The molecule has 0 atom stereocenters. The molecule has 2 nitrogen and oxygen atoms in total. The van der Waals surface area contributed by atoms with Crippen LogP contribution >= 0.6 is 15.9 Å². The van der Waals surface area contributed by atoms with E-state index in [-0.39, 0.29) is 5.82 Å². The standard InChI is InChI=1S/C7H3BrFN2.Tl/c8-4-1-6-7(2-5(4)9)11-3-10-6;/h1-3H;/q-1;+1. The van der Waals surface area contributed by atoms with Crippen LogP contribution in [0.4, 0.5) is 4.39 Å². The van der Waals surface area contributed by atoms with Gasteiger partial charge >= 0.3 is 93.5 Å². The van der Waals surface area contributed by atoms with E-state index < -0.39 is 0 Å². The average molecular weight is 418 g/mol. The summed E-state index contributed by atoms with van der Waals surface area (Å²) in [6.45, 7) is 0. The van der Waals surface area contributed by atoms with Crippen LogP contribution in [0.25, 0.3) is 11.0 Å². The molecule has 0 spiro atoms. The molecule has 5 heteroatoms. The Morgan fingerprint density at radius 3 is 3.00 bits per heavy atom. The van der Waals surface area contributed by atoms with Gasteiger partial charge in [0.2, 0.25) is 0 Å². The van der Waals surface area contributed by atoms with Gasteiger partial charge in [-0.15, -0.1) is 0 Å². The maximum atomic E-state index is 13.0. The van der Waals surface area contributed by atoms with Crippen LogP contribution in [0.5, 0.6) is 0 Å². The molecule has 0 aliphatic carbocycles. The number of imidazole rings is 1. The first-order valence-corrected chi connectivity index (χ1v) is 6.05. The maximum absolute atomic E-state index is 13.0. The van der Waals surface area contributed by atoms with Gasteiger partial charge in [-0.05, 0) is 0 Å². The average Bonchev–Trinajstić information content (AvgIpc) is 2.35. The van der Waals surface area contributed by atoms with Crippen LogP contribution in [-0.2, 0) is 0 Å². The van der Waals surface area contributed by atoms with Crippen LogP contribution in [0, 0.1) is 5.82 Å². The van der Waals surface area contributed by atoms with E-state index in [9.17, 15) is 4.39 Å². The number of halogens is 2. The van der Waals surface area contributed by atoms with Crippen molar-refractivity contribution in [3.8, 4) is 0 Å². The monoisotopic (exact) mass is 418 g/mol. The Morgan fingerprint density at radius 1 is 1.50 bits per heavy atom. The topological polar surface area (TPSA) is 17.8 Å². The molecular weight excluding hydrogens is 415 g/mol. The summed E-state index contributed by atoms with van der Waals surface area (Å²) in [6, 6.07) is 3.20. The van der Waals surface area contributed by atoms with Crippen molar-refractivity contribution in [2.75, 3.05) is 0 Å². The molecule has 1 aromatic heterocycles. The Balaban J connectivity index is 2.87. The molecule has 0 saturated carbocycles. The summed E-state index contributed by atoms with van der Waals surface area (Å²) in [7, 11) is 0. The van der Waals surface area contributed by atoms with Crippen LogP contribution in [0.15, 0.2) is 22.9 Å². The molecule has 0 N–H and O–H groups in total. The van der Waals surface area contributed by atoms with Crippen molar-refractivity contribution in [3.63, 3.8) is 0 Å². The number of nitrogens with zero attached hydrogens (tertiary/aromatic N) is 2. The molecule has 1 heterocycles. The molecule has 12 heavy (non-hydrogen) atoms. The van der Waals surface area contributed by atoms with E-state index in [2.05, 4.69) is 20.9 Å². The van der Waals surface area contributed by atoms with E-state index in [1.54, 1.807) is 12.4 Å². The van der Waals surface area contributed by atoms with Crippen LogP contribution < -0.4 is 0 Å². The molecule has 58 valence electrons. The number of fused-ring (bicyclic) bond motifs is 1. The summed E-state index contributed by atoms with van der Waals surface area (Å²) in [4.78, 5) is 4.13. The first kappa shape index (κ1) is 8.61. The Kier molecular flexibility index (Phi) is 2.20. The Hall–Kier alpha value is 0.0221. The summed E-state index contributed by atoms with van der Waals surface area (Å²) in [5.41, 5.74) is 1.71. The van der Waals surface area contributed by atoms with Crippen LogP contribution in [0.2, 0.25) is 0 Å². The fourth-order valence-corrected chi connectivity index (χ4v) is 2.42. The first-order chi connectivity index (χ1) is 5.68. The number of rotatable bonds is 0. The number of aromatic nitrogens is 2. The van der Waals surface area contributed by atoms with Crippen molar-refractivity contribution >= 4 is 53.0 Å². The van der Waals surface area contributed by atoms with E-state index in [0.717, 1.165) is 11.0 Å². The van der Waals surface area contributed by atoms with E-state index in [0.29, 0.717) is 30.5 Å². The molecule has 0 fully saturated rings. The van der Waals surface area contributed by atoms with Gasteiger partial charge in [0, 0.05) is 0 Å². The van der Waals surface area contributed by atoms with E-state index in [4.69, 9.17) is 0 Å². The fraction of sp³-hybridized carbons (Fsp3) is 0. The van der Waals surface area contributed by atoms with Gasteiger partial charge in [-0.25, -0.2) is 0 Å². The summed E-state index contributed by atoms with van der Waals surface area (Å²) >= 11 is 3.74. The number of hydrogen-bond acceptors (Lipinski definition) is 1. The van der Waals surface area contributed by atoms with Gasteiger partial charge in [-0.2, -0.15) is 0 Å². The zero-order chi connectivity index (χ0) is 8.72. The summed E-state index contributed by atoms with van der Waals surface area (Å²) in [5, 5.41) is 0. The van der Waals surface area contributed by atoms with E-state index in [1.165, 1.54) is 6.07 Å². The van der Waals surface area contributed by atoms with Crippen molar-refractivity contribution in [3.05, 3.63) is 28.7 Å². The number of hydrogen-bond donors (Lipinski definition) is 0. The zero-order valence-electron chi connectivity index (χ0n) is 5.96. The predicted molar refractivity (Wildman–Crippen MR) is 48.5 cm³/mol. The second-order valence-corrected chi connectivity index (χ2v) is 5.42. The van der Waals surface area contributed by atoms with Gasteiger partial charge in [0.15, 0.2) is 0 Å². The molecule has 0 saturated heterocycles. The Bertz CT molecular complexity index is 440. The van der Waals surface area contributed by atoms with Crippen molar-refractivity contribution in [2.24, 2.45) is 0 Å². The fourth-order valence-electron chi connectivity index (χ4n) is 1.02. The molecule has 0 radical (unpaired) electrons. The third-order valence-electron chi connectivity index (χ3n) is 1.62. The normalized spacial score (nSPS) is 10.8. The summed E-state index contributed by atoms with van der Waals surface area (Å²) < 4.78 is 15.5. The predicted octanol–water partition coefficient (Wildman–Crippen LogP) is 1.87. The molecule has 0 aliphatic heterocycles. The molecular formula is C7H3BrFN2Tl. The molecule has 1 aromatic carbocycles. The van der Waals surface area contributed by atoms with Crippen LogP contribution in [0.1, 0.15) is 0 Å². The van der Waals surface area contributed by atoms with Gasteiger partial charge in [-0.3, -0.25) is 0 Å². The van der Waals surface area contributed by atoms with Crippen LogP contribution in [-0.4, -0.2) is 33.4 Å². The SMILES string of the molecule is Fc1cc2c(cc1Br)nc[n]2[Tl]. The van der Waals surface area contributed by atoms with Crippen molar-refractivity contribution < 1.29 is 4.39 Å². The summed E-state index contributed by atoms with van der Waals surface area (Å²) in [5.74, 6) is -0.232. The van der Waals surface area contributed by atoms with Crippen molar-refractivity contribution in [1.29, 1.82) is 0 Å². The molecule has 2 aromatic rings. The summed E-state index contributed by atoms with van der Waals surface area (Å²) in [6.07, 6.45) is 1.74. The van der Waals surface area contributed by atoms with Gasteiger partial charge in [0.1, 0.15) is 0 Å². The Labute approximate surface area is 93.0 Å². The van der Waals surface area contributed by atoms with Crippen LogP contribution in [0.3, 0.4) is 0 Å². The second-order valence-electron chi connectivity index (χ2n) is 2.41. The minimum atomic E-state index is -0.232. The first-order valence-electron chi connectivity index (χ1n) is 3.25. The Morgan fingerprint density at radius 2 is 2.25 bits per heavy atom. The molecule has 0 unspecified atom stereocenters. The molecule has 0 aliphatic rings. The zero-order valence-corrected chi connectivity index (χ0v) is 12.0. The van der Waals surface area contributed by atoms with Crippen molar-refractivity contribution in [2.45, 2.75) is 0 Å². The van der Waals surface area contributed by atoms with Crippen molar-refractivity contribution in [1.82, 2.24) is 7.36 Å². The molecule has 0 amide bonds. The van der Waals surface area contributed by atoms with E-state index >= 15 is 0 Å². The van der Waals surface area contributed by atoms with Gasteiger partial charge in [0.25, 0.3) is 0 Å². The molecule has 2 rings (SSSR count).